The summed E-state index contributed by atoms with van der Waals surface area (Å²) in [4.78, 5) is 45.3. The number of hydrazine groups is 1. The summed E-state index contributed by atoms with van der Waals surface area (Å²) in [5.41, 5.74) is 4.25. The molecule has 0 aromatic heterocycles. The van der Waals surface area contributed by atoms with Gasteiger partial charge in [0.1, 0.15) is 0 Å². The third-order valence-electron chi connectivity index (χ3n) is 3.05. The minimum absolute atomic E-state index is 0.0640. The van der Waals surface area contributed by atoms with Crippen LogP contribution in [0.4, 0.5) is 5.69 Å². The quantitative estimate of drug-likeness (QED) is 0.431. The van der Waals surface area contributed by atoms with Crippen molar-refractivity contribution in [2.24, 2.45) is 0 Å². The molecule has 0 aliphatic heterocycles. The van der Waals surface area contributed by atoms with Gasteiger partial charge in [-0.15, -0.1) is 0 Å². The highest BCUT2D eigenvalue weighted by atomic mass is 79.9. The molecule has 0 saturated carbocycles. The molecule has 0 spiro atoms. The van der Waals surface area contributed by atoms with E-state index in [1.54, 1.807) is 24.3 Å². The summed E-state index contributed by atoms with van der Waals surface area (Å²) >= 11 is 3.24. The number of nitro benzene ring substituents is 1. The van der Waals surface area contributed by atoms with Crippen LogP contribution in [0.3, 0.4) is 0 Å². The fourth-order valence-electron chi connectivity index (χ4n) is 1.80. The van der Waals surface area contributed by atoms with Crippen LogP contribution in [0.15, 0.2) is 53.0 Å². The van der Waals surface area contributed by atoms with Crippen molar-refractivity contribution in [3.05, 3.63) is 74.2 Å². The SMILES string of the molecule is O=C(COC(=O)c1cccc([N+](=O)[O-])c1)NNC(=O)c1ccc(Br)cc1. The molecule has 0 bridgehead atoms. The molecular weight excluding hydrogens is 410 g/mol. The molecule has 2 aromatic rings. The normalized spacial score (nSPS) is 9.88. The summed E-state index contributed by atoms with van der Waals surface area (Å²) in [6.45, 7) is -0.665. The van der Waals surface area contributed by atoms with Gasteiger partial charge in [-0.25, -0.2) is 4.79 Å². The zero-order valence-corrected chi connectivity index (χ0v) is 14.7. The largest absolute Gasteiger partial charge is 0.452 e. The number of nitrogens with one attached hydrogen (secondary N) is 2. The van der Waals surface area contributed by atoms with Gasteiger partial charge in [-0.05, 0) is 30.3 Å². The molecule has 0 atom stereocenters. The number of ether oxygens (including phenoxy) is 1. The Morgan fingerprint density at radius 2 is 1.73 bits per heavy atom. The number of nitro groups is 1. The molecule has 2 rings (SSSR count). The van der Waals surface area contributed by atoms with Crippen molar-refractivity contribution in [3.63, 3.8) is 0 Å². The molecule has 10 heteroatoms. The van der Waals surface area contributed by atoms with E-state index in [2.05, 4.69) is 26.8 Å². The number of non-ortho nitro benzene ring substituents is 1. The molecule has 26 heavy (non-hydrogen) atoms. The number of amides is 2. The van der Waals surface area contributed by atoms with Crippen LogP contribution < -0.4 is 10.9 Å². The zero-order chi connectivity index (χ0) is 19.1. The fourth-order valence-corrected chi connectivity index (χ4v) is 2.06. The number of hydrogen-bond donors (Lipinski definition) is 2. The Kier molecular flexibility index (Phi) is 6.39. The van der Waals surface area contributed by atoms with Crippen LogP contribution in [-0.2, 0) is 9.53 Å². The van der Waals surface area contributed by atoms with Crippen LogP contribution in [0.1, 0.15) is 20.7 Å². The smallest absolute Gasteiger partial charge is 0.338 e. The van der Waals surface area contributed by atoms with Crippen LogP contribution in [-0.4, -0.2) is 29.3 Å². The van der Waals surface area contributed by atoms with Crippen molar-refractivity contribution in [1.29, 1.82) is 0 Å². The number of benzene rings is 2. The molecule has 0 saturated heterocycles. The summed E-state index contributed by atoms with van der Waals surface area (Å²) in [5.74, 6) is -2.21. The van der Waals surface area contributed by atoms with E-state index in [1.165, 1.54) is 18.2 Å². The lowest BCUT2D eigenvalue weighted by atomic mass is 10.2. The lowest BCUT2D eigenvalue weighted by molar-refractivity contribution is -0.384. The molecule has 2 aromatic carbocycles. The van der Waals surface area contributed by atoms with E-state index >= 15 is 0 Å². The summed E-state index contributed by atoms with van der Waals surface area (Å²) in [6.07, 6.45) is 0. The third kappa shape index (κ3) is 5.38. The number of carbonyl (C=O) groups excluding carboxylic acids is 3. The van der Waals surface area contributed by atoms with Gasteiger partial charge < -0.3 is 4.74 Å². The molecule has 2 amide bonds. The monoisotopic (exact) mass is 421 g/mol. The topological polar surface area (TPSA) is 128 Å². The Labute approximate surface area is 155 Å². The highest BCUT2D eigenvalue weighted by molar-refractivity contribution is 9.10. The molecule has 0 aliphatic carbocycles. The molecule has 0 fully saturated rings. The second-order valence-electron chi connectivity index (χ2n) is 4.89. The fraction of sp³-hybridized carbons (Fsp3) is 0.0625. The molecule has 2 N–H and O–H groups in total. The lowest BCUT2D eigenvalue weighted by Gasteiger charge is -2.08. The van der Waals surface area contributed by atoms with Crippen LogP contribution >= 0.6 is 15.9 Å². The Balaban J connectivity index is 1.82. The number of nitrogens with zero attached hydrogens (tertiary/aromatic N) is 1. The Morgan fingerprint density at radius 1 is 1.04 bits per heavy atom. The van der Waals surface area contributed by atoms with Crippen molar-refractivity contribution in [1.82, 2.24) is 10.9 Å². The molecule has 0 heterocycles. The molecule has 9 nitrogen and oxygen atoms in total. The van der Waals surface area contributed by atoms with Gasteiger partial charge in [0.2, 0.25) is 0 Å². The van der Waals surface area contributed by atoms with Gasteiger partial charge >= 0.3 is 5.97 Å². The summed E-state index contributed by atoms with van der Waals surface area (Å²) in [5, 5.41) is 10.7. The van der Waals surface area contributed by atoms with Gasteiger partial charge in [0.05, 0.1) is 10.5 Å². The van der Waals surface area contributed by atoms with Crippen LogP contribution in [0.5, 0.6) is 0 Å². The number of hydrogen-bond acceptors (Lipinski definition) is 6. The maximum atomic E-state index is 11.8. The van der Waals surface area contributed by atoms with Crippen LogP contribution in [0, 0.1) is 10.1 Å². The highest BCUT2D eigenvalue weighted by Crippen LogP contribution is 2.13. The van der Waals surface area contributed by atoms with Crippen molar-refractivity contribution >= 4 is 39.4 Å². The highest BCUT2D eigenvalue weighted by Gasteiger charge is 2.14. The van der Waals surface area contributed by atoms with Crippen LogP contribution in [0.2, 0.25) is 0 Å². The van der Waals surface area contributed by atoms with Crippen molar-refractivity contribution in [3.8, 4) is 0 Å². The second-order valence-corrected chi connectivity index (χ2v) is 5.81. The average Bonchev–Trinajstić information content (AvgIpc) is 2.64. The van der Waals surface area contributed by atoms with E-state index in [0.717, 1.165) is 10.5 Å². The number of halogens is 1. The molecule has 0 unspecified atom stereocenters. The maximum Gasteiger partial charge on any atom is 0.338 e. The minimum atomic E-state index is -0.900. The first-order valence-electron chi connectivity index (χ1n) is 7.13. The molecule has 134 valence electrons. The number of esters is 1. The predicted octanol–water partition coefficient (Wildman–Crippen LogP) is 1.98. The van der Waals surface area contributed by atoms with E-state index in [1.807, 2.05) is 0 Å². The van der Waals surface area contributed by atoms with E-state index in [-0.39, 0.29) is 11.3 Å². The first-order chi connectivity index (χ1) is 12.4. The van der Waals surface area contributed by atoms with Gasteiger partial charge in [0.15, 0.2) is 6.61 Å². The summed E-state index contributed by atoms with van der Waals surface area (Å²) < 4.78 is 5.54. The second kappa shape index (κ2) is 8.72. The molecule has 0 aliphatic rings. The average molecular weight is 422 g/mol. The van der Waals surface area contributed by atoms with Crippen molar-refractivity contribution in [2.75, 3.05) is 6.61 Å². The Bertz CT molecular complexity index is 853. The minimum Gasteiger partial charge on any atom is -0.452 e. The van der Waals surface area contributed by atoms with Gasteiger partial charge in [-0.1, -0.05) is 22.0 Å². The van der Waals surface area contributed by atoms with Crippen molar-refractivity contribution in [2.45, 2.75) is 0 Å². The van der Waals surface area contributed by atoms with Crippen LogP contribution in [0.25, 0.3) is 0 Å². The van der Waals surface area contributed by atoms with E-state index in [4.69, 9.17) is 4.74 Å². The number of carbonyl (C=O) groups is 3. The van der Waals surface area contributed by atoms with Gasteiger partial charge in [0, 0.05) is 22.2 Å². The lowest BCUT2D eigenvalue weighted by Crippen LogP contribution is -2.43. The van der Waals surface area contributed by atoms with E-state index in [0.29, 0.717) is 5.56 Å². The third-order valence-corrected chi connectivity index (χ3v) is 3.58. The summed E-state index contributed by atoms with van der Waals surface area (Å²) in [6, 6.07) is 11.3. The Hall–Kier alpha value is -3.27. The van der Waals surface area contributed by atoms with Crippen molar-refractivity contribution < 1.29 is 24.0 Å². The first kappa shape index (κ1) is 19.1. The van der Waals surface area contributed by atoms with E-state index in [9.17, 15) is 24.5 Å². The standard InChI is InChI=1S/C16H12BrN3O6/c17-12-6-4-10(5-7-12)15(22)19-18-14(21)9-26-16(23)11-2-1-3-13(8-11)20(24)25/h1-8H,9H2,(H,18,21)(H,19,22). The summed E-state index contributed by atoms with van der Waals surface area (Å²) in [7, 11) is 0. The first-order valence-corrected chi connectivity index (χ1v) is 7.92. The van der Waals surface area contributed by atoms with Gasteiger partial charge in [-0.2, -0.15) is 0 Å². The van der Waals surface area contributed by atoms with E-state index < -0.39 is 29.3 Å². The molecule has 0 radical (unpaired) electrons. The number of rotatable bonds is 5. The predicted molar refractivity (Wildman–Crippen MR) is 93.1 cm³/mol. The van der Waals surface area contributed by atoms with Gasteiger partial charge in [-0.3, -0.25) is 30.6 Å². The maximum absolute atomic E-state index is 11.8. The zero-order valence-electron chi connectivity index (χ0n) is 13.1. The Morgan fingerprint density at radius 3 is 2.38 bits per heavy atom. The molecular formula is C16H12BrN3O6. The van der Waals surface area contributed by atoms with Gasteiger partial charge in [0.25, 0.3) is 17.5 Å².